The summed E-state index contributed by atoms with van der Waals surface area (Å²) < 4.78 is 0. The lowest BCUT2D eigenvalue weighted by Gasteiger charge is -2.28. The van der Waals surface area contributed by atoms with Crippen molar-refractivity contribution in [3.8, 4) is 0 Å². The molecule has 3 N–H and O–H groups in total. The predicted molar refractivity (Wildman–Crippen MR) is 69.9 cm³/mol. The normalized spacial score (nSPS) is 21.3. The van der Waals surface area contributed by atoms with Crippen molar-refractivity contribution in [3.05, 3.63) is 17.7 Å². The van der Waals surface area contributed by atoms with Gasteiger partial charge in [0.15, 0.2) is 0 Å². The number of H-pyrrole nitrogens is 1. The predicted octanol–water partition coefficient (Wildman–Crippen LogP) is -0.253. The summed E-state index contributed by atoms with van der Waals surface area (Å²) in [5.41, 5.74) is 1.89. The van der Waals surface area contributed by atoms with Crippen molar-refractivity contribution >= 4 is 11.9 Å². The molecule has 7 heteroatoms. The minimum Gasteiger partial charge on any atom is -0.480 e. The number of carbonyl (C=O) groups excluding carboxylic acids is 1. The van der Waals surface area contributed by atoms with Gasteiger partial charge in [0.25, 0.3) is 0 Å². The van der Waals surface area contributed by atoms with Gasteiger partial charge in [-0.3, -0.25) is 14.9 Å². The molecule has 108 valence electrons. The van der Waals surface area contributed by atoms with Crippen molar-refractivity contribution in [2.45, 2.75) is 31.8 Å². The van der Waals surface area contributed by atoms with Crippen molar-refractivity contribution < 1.29 is 14.7 Å². The average molecular weight is 278 g/mol. The van der Waals surface area contributed by atoms with Crippen LogP contribution >= 0.6 is 0 Å². The molecule has 1 aliphatic carbocycles. The van der Waals surface area contributed by atoms with Crippen LogP contribution in [0.4, 0.5) is 0 Å². The second-order valence-corrected chi connectivity index (χ2v) is 5.52. The van der Waals surface area contributed by atoms with Crippen LogP contribution in [0.25, 0.3) is 0 Å². The highest BCUT2D eigenvalue weighted by Crippen LogP contribution is 2.30. The zero-order valence-corrected chi connectivity index (χ0v) is 11.1. The number of nitrogens with one attached hydrogen (secondary N) is 2. The number of aliphatic carboxylic acids is 1. The molecule has 1 unspecified atom stereocenters. The molecule has 1 aliphatic heterocycles. The summed E-state index contributed by atoms with van der Waals surface area (Å²) in [6.45, 7) is 0.897. The summed E-state index contributed by atoms with van der Waals surface area (Å²) in [4.78, 5) is 32.1. The van der Waals surface area contributed by atoms with Gasteiger partial charge in [0.05, 0.1) is 23.8 Å². The smallest absolute Gasteiger partial charge is 0.323 e. The second kappa shape index (κ2) is 5.24. The first kappa shape index (κ1) is 13.1. The molecule has 20 heavy (non-hydrogen) atoms. The van der Waals surface area contributed by atoms with E-state index in [9.17, 15) is 9.59 Å². The lowest BCUT2D eigenvalue weighted by atomic mass is 10.0. The Morgan fingerprint density at radius 2 is 2.25 bits per heavy atom. The molecule has 3 rings (SSSR count). The summed E-state index contributed by atoms with van der Waals surface area (Å²) in [5.74, 6) is -0.619. The summed E-state index contributed by atoms with van der Waals surface area (Å²) >= 11 is 0. The van der Waals surface area contributed by atoms with Crippen LogP contribution < -0.4 is 5.32 Å². The lowest BCUT2D eigenvalue weighted by Crippen LogP contribution is -2.51. The molecule has 1 aromatic heterocycles. The van der Waals surface area contributed by atoms with Crippen LogP contribution in [-0.4, -0.2) is 51.0 Å². The van der Waals surface area contributed by atoms with Gasteiger partial charge in [0.1, 0.15) is 6.54 Å². The van der Waals surface area contributed by atoms with Crippen LogP contribution in [-0.2, 0) is 22.6 Å². The Labute approximate surface area is 116 Å². The molecule has 2 aliphatic rings. The third kappa shape index (κ3) is 2.82. The number of carboxylic acids is 1. The maximum atomic E-state index is 12.5. The number of amides is 1. The van der Waals surface area contributed by atoms with Gasteiger partial charge in [-0.25, -0.2) is 4.98 Å². The minimum atomic E-state index is -0.963. The first-order valence-electron chi connectivity index (χ1n) is 6.88. The van der Waals surface area contributed by atoms with Crippen LogP contribution in [0.1, 0.15) is 24.2 Å². The number of hydrogen-bond donors (Lipinski definition) is 3. The number of nitrogens with zero attached hydrogens (tertiary/aromatic N) is 2. The largest absolute Gasteiger partial charge is 0.480 e. The third-order valence-electron chi connectivity index (χ3n) is 3.84. The summed E-state index contributed by atoms with van der Waals surface area (Å²) in [7, 11) is 0. The number of carboxylic acid groups (broad SMARTS) is 1. The van der Waals surface area contributed by atoms with Crippen molar-refractivity contribution in [2.24, 2.45) is 5.92 Å². The molecule has 1 saturated carbocycles. The van der Waals surface area contributed by atoms with E-state index in [1.165, 1.54) is 4.90 Å². The Morgan fingerprint density at radius 3 is 2.95 bits per heavy atom. The Morgan fingerprint density at radius 1 is 1.45 bits per heavy atom. The molecule has 7 nitrogen and oxygen atoms in total. The lowest BCUT2D eigenvalue weighted by molar-refractivity contribution is -0.145. The molecule has 0 radical (unpaired) electrons. The monoisotopic (exact) mass is 278 g/mol. The zero-order chi connectivity index (χ0) is 14.1. The maximum absolute atomic E-state index is 12.5. The first-order valence-corrected chi connectivity index (χ1v) is 6.88. The van der Waals surface area contributed by atoms with E-state index in [1.807, 2.05) is 0 Å². The SMILES string of the molecule is O=C(O)CN(CC1CC1)C(=O)C1Cc2nc[nH]c2CN1. The Balaban J connectivity index is 1.67. The van der Waals surface area contributed by atoms with Crippen molar-refractivity contribution in [3.63, 3.8) is 0 Å². The Hall–Kier alpha value is -1.89. The molecule has 1 aromatic rings. The summed E-state index contributed by atoms with van der Waals surface area (Å²) in [6.07, 6.45) is 4.31. The van der Waals surface area contributed by atoms with Crippen molar-refractivity contribution in [2.75, 3.05) is 13.1 Å². The zero-order valence-electron chi connectivity index (χ0n) is 11.1. The van der Waals surface area contributed by atoms with Gasteiger partial charge in [-0.1, -0.05) is 0 Å². The minimum absolute atomic E-state index is 0.132. The highest BCUT2D eigenvalue weighted by atomic mass is 16.4. The molecule has 1 fully saturated rings. The fourth-order valence-electron chi connectivity index (χ4n) is 2.57. The number of aromatic amines is 1. The molecule has 0 spiro atoms. The molecule has 0 aromatic carbocycles. The maximum Gasteiger partial charge on any atom is 0.323 e. The van der Waals surface area contributed by atoms with Gasteiger partial charge in [-0.2, -0.15) is 0 Å². The molecule has 2 heterocycles. The standard InChI is InChI=1S/C13H18N4O3/c18-12(19)6-17(5-8-1-2-8)13(20)10-3-9-11(4-14-10)16-7-15-9/h7-8,10,14H,1-6H2,(H,15,16)(H,18,19). The number of imidazole rings is 1. The van der Waals surface area contributed by atoms with Crippen LogP contribution in [0.5, 0.6) is 0 Å². The molecule has 0 saturated heterocycles. The van der Waals surface area contributed by atoms with E-state index in [4.69, 9.17) is 5.11 Å². The van der Waals surface area contributed by atoms with E-state index in [1.54, 1.807) is 6.33 Å². The van der Waals surface area contributed by atoms with Crippen LogP contribution in [0.15, 0.2) is 6.33 Å². The van der Waals surface area contributed by atoms with Gasteiger partial charge >= 0.3 is 5.97 Å². The Kier molecular flexibility index (Phi) is 3.43. The van der Waals surface area contributed by atoms with Gasteiger partial charge in [-0.05, 0) is 18.8 Å². The van der Waals surface area contributed by atoms with E-state index in [2.05, 4.69) is 15.3 Å². The number of hydrogen-bond acceptors (Lipinski definition) is 4. The number of fused-ring (bicyclic) bond motifs is 1. The van der Waals surface area contributed by atoms with Gasteiger partial charge in [0, 0.05) is 19.5 Å². The topological polar surface area (TPSA) is 98.3 Å². The van der Waals surface area contributed by atoms with Crippen LogP contribution in [0, 0.1) is 5.92 Å². The van der Waals surface area contributed by atoms with Crippen LogP contribution in [0.3, 0.4) is 0 Å². The van der Waals surface area contributed by atoms with E-state index in [0.29, 0.717) is 25.4 Å². The second-order valence-electron chi connectivity index (χ2n) is 5.52. The molecule has 1 amide bonds. The molecule has 1 atom stereocenters. The van der Waals surface area contributed by atoms with E-state index in [-0.39, 0.29) is 18.5 Å². The Bertz CT molecular complexity index is 523. The van der Waals surface area contributed by atoms with Gasteiger partial charge in [-0.15, -0.1) is 0 Å². The van der Waals surface area contributed by atoms with Gasteiger partial charge in [0.2, 0.25) is 5.91 Å². The number of rotatable bonds is 5. The van der Waals surface area contributed by atoms with E-state index < -0.39 is 5.97 Å². The molecule has 0 bridgehead atoms. The highest BCUT2D eigenvalue weighted by Gasteiger charge is 2.33. The fraction of sp³-hybridized carbons (Fsp3) is 0.615. The average Bonchev–Trinajstić information content (AvgIpc) is 3.11. The summed E-state index contributed by atoms with van der Waals surface area (Å²) in [6, 6.07) is -0.371. The number of aromatic nitrogens is 2. The summed E-state index contributed by atoms with van der Waals surface area (Å²) in [5, 5.41) is 12.1. The number of carbonyl (C=O) groups is 2. The third-order valence-corrected chi connectivity index (χ3v) is 3.84. The molecular weight excluding hydrogens is 260 g/mol. The van der Waals surface area contributed by atoms with Crippen LogP contribution in [0.2, 0.25) is 0 Å². The molecular formula is C13H18N4O3. The van der Waals surface area contributed by atoms with Gasteiger partial charge < -0.3 is 15.0 Å². The van der Waals surface area contributed by atoms with Crippen molar-refractivity contribution in [1.29, 1.82) is 0 Å². The fourth-order valence-corrected chi connectivity index (χ4v) is 2.57. The quantitative estimate of drug-likeness (QED) is 0.689. The van der Waals surface area contributed by atoms with E-state index >= 15 is 0 Å². The van der Waals surface area contributed by atoms with Crippen molar-refractivity contribution in [1.82, 2.24) is 20.2 Å². The first-order chi connectivity index (χ1) is 9.63. The van der Waals surface area contributed by atoms with E-state index in [0.717, 1.165) is 24.2 Å². The highest BCUT2D eigenvalue weighted by molar-refractivity contribution is 5.85.